The van der Waals surface area contributed by atoms with Crippen molar-refractivity contribution in [2.75, 3.05) is 4.90 Å². The fourth-order valence-electron chi connectivity index (χ4n) is 3.45. The Kier molecular flexibility index (Phi) is 4.16. The van der Waals surface area contributed by atoms with Crippen LogP contribution in [0.3, 0.4) is 0 Å². The lowest BCUT2D eigenvalue weighted by molar-refractivity contribution is 0.0696. The highest BCUT2D eigenvalue weighted by Crippen LogP contribution is 2.38. The molecule has 0 spiro atoms. The van der Waals surface area contributed by atoms with E-state index in [2.05, 4.69) is 20.9 Å². The van der Waals surface area contributed by atoms with Crippen LogP contribution in [-0.2, 0) is 0 Å². The van der Waals surface area contributed by atoms with Crippen molar-refractivity contribution >= 4 is 50.5 Å². The van der Waals surface area contributed by atoms with Crippen LogP contribution in [0.4, 0.5) is 5.69 Å². The minimum absolute atomic E-state index is 0.0404. The first-order valence-electron chi connectivity index (χ1n) is 8.99. The Morgan fingerprint density at radius 3 is 2.52 bits per heavy atom. The third-order valence-electron chi connectivity index (χ3n) is 4.95. The number of aromatic nitrogens is 1. The highest BCUT2D eigenvalue weighted by molar-refractivity contribution is 9.10. The van der Waals surface area contributed by atoms with E-state index in [1.807, 2.05) is 6.07 Å². The summed E-state index contributed by atoms with van der Waals surface area (Å²) in [5.74, 6) is -2.65. The monoisotopic (exact) mass is 478 g/mol. The van der Waals surface area contributed by atoms with Crippen LogP contribution in [0.1, 0.15) is 31.1 Å². The number of carboxylic acid groups (broad SMARTS) is 1. The van der Waals surface area contributed by atoms with Crippen molar-refractivity contribution in [2.24, 2.45) is 0 Å². The maximum atomic E-state index is 12.9. The highest BCUT2D eigenvalue weighted by atomic mass is 79.9. The van der Waals surface area contributed by atoms with Gasteiger partial charge in [0.1, 0.15) is 11.3 Å². The largest absolute Gasteiger partial charge is 0.506 e. The number of amides is 2. The normalized spacial score (nSPS) is 13.1. The summed E-state index contributed by atoms with van der Waals surface area (Å²) in [6.45, 7) is 0. The molecule has 152 valence electrons. The molecule has 0 saturated heterocycles. The third kappa shape index (κ3) is 2.98. The number of rotatable bonds is 3. The lowest BCUT2D eigenvalue weighted by Crippen LogP contribution is -2.29. The van der Waals surface area contributed by atoms with E-state index in [9.17, 15) is 19.5 Å². The first-order chi connectivity index (χ1) is 14.8. The van der Waals surface area contributed by atoms with Gasteiger partial charge in [-0.25, -0.2) is 14.7 Å². The molecule has 5 rings (SSSR count). The molecule has 0 saturated carbocycles. The van der Waals surface area contributed by atoms with E-state index in [0.717, 1.165) is 15.4 Å². The summed E-state index contributed by atoms with van der Waals surface area (Å²) >= 11 is 3.37. The molecular formula is C22H11BrN2O6. The van der Waals surface area contributed by atoms with Crippen LogP contribution in [0.15, 0.2) is 63.5 Å². The first-order valence-corrected chi connectivity index (χ1v) is 9.78. The van der Waals surface area contributed by atoms with Gasteiger partial charge in [-0.15, -0.1) is 0 Å². The molecule has 0 atom stereocenters. The number of hydrogen-bond donors (Lipinski definition) is 2. The number of aromatic hydroxyl groups is 1. The summed E-state index contributed by atoms with van der Waals surface area (Å²) in [4.78, 5) is 42.2. The predicted molar refractivity (Wildman–Crippen MR) is 113 cm³/mol. The molecule has 3 aromatic carbocycles. The number of anilines is 1. The quantitative estimate of drug-likeness (QED) is 0.416. The minimum atomic E-state index is -1.21. The van der Waals surface area contributed by atoms with Gasteiger partial charge in [-0.1, -0.05) is 15.9 Å². The lowest BCUT2D eigenvalue weighted by atomic mass is 10.1. The van der Waals surface area contributed by atoms with Gasteiger partial charge < -0.3 is 14.6 Å². The van der Waals surface area contributed by atoms with Crippen LogP contribution in [0.2, 0.25) is 0 Å². The van der Waals surface area contributed by atoms with Gasteiger partial charge in [-0.05, 0) is 54.6 Å². The van der Waals surface area contributed by atoms with E-state index in [-0.39, 0.29) is 34.0 Å². The molecule has 1 aromatic heterocycles. The van der Waals surface area contributed by atoms with Gasteiger partial charge in [0, 0.05) is 10.0 Å². The van der Waals surface area contributed by atoms with Crippen molar-refractivity contribution in [3.8, 4) is 17.2 Å². The number of nitrogens with zero attached hydrogens (tertiary/aromatic N) is 2. The smallest absolute Gasteiger partial charge is 0.335 e. The van der Waals surface area contributed by atoms with Gasteiger partial charge in [0.15, 0.2) is 5.58 Å². The molecule has 0 unspecified atom stereocenters. The van der Waals surface area contributed by atoms with E-state index >= 15 is 0 Å². The number of carboxylic acids is 1. The van der Waals surface area contributed by atoms with Crippen LogP contribution in [0.5, 0.6) is 5.75 Å². The molecular weight excluding hydrogens is 468 g/mol. The zero-order valence-corrected chi connectivity index (χ0v) is 17.1. The van der Waals surface area contributed by atoms with Crippen molar-refractivity contribution in [2.45, 2.75) is 0 Å². The van der Waals surface area contributed by atoms with E-state index in [1.165, 1.54) is 24.3 Å². The number of imide groups is 1. The van der Waals surface area contributed by atoms with Crippen LogP contribution in [0, 0.1) is 0 Å². The summed E-state index contributed by atoms with van der Waals surface area (Å²) in [5, 5.41) is 19.5. The second kappa shape index (κ2) is 6.78. The number of phenolic OH excluding ortho intramolecular Hbond substituents is 1. The molecule has 0 radical (unpaired) electrons. The summed E-state index contributed by atoms with van der Waals surface area (Å²) in [7, 11) is 0. The topological polar surface area (TPSA) is 121 Å². The summed E-state index contributed by atoms with van der Waals surface area (Å²) < 4.78 is 6.59. The summed E-state index contributed by atoms with van der Waals surface area (Å²) in [6.07, 6.45) is 0. The van der Waals surface area contributed by atoms with Crippen molar-refractivity contribution in [1.82, 2.24) is 4.98 Å². The van der Waals surface area contributed by atoms with Crippen molar-refractivity contribution < 1.29 is 29.0 Å². The Bertz CT molecular complexity index is 1440. The second-order valence-electron chi connectivity index (χ2n) is 6.85. The van der Waals surface area contributed by atoms with Crippen molar-refractivity contribution in [1.29, 1.82) is 0 Å². The number of oxazole rings is 1. The zero-order chi connectivity index (χ0) is 21.9. The van der Waals surface area contributed by atoms with Gasteiger partial charge in [-0.2, -0.15) is 0 Å². The van der Waals surface area contributed by atoms with E-state index in [1.54, 1.807) is 18.2 Å². The maximum Gasteiger partial charge on any atom is 0.335 e. The van der Waals surface area contributed by atoms with Gasteiger partial charge >= 0.3 is 5.97 Å². The molecule has 2 amide bonds. The first kappa shape index (κ1) is 19.0. The van der Waals surface area contributed by atoms with Crippen molar-refractivity contribution in [3.05, 3.63) is 75.8 Å². The number of carbonyl (C=O) groups excluding carboxylic acids is 2. The molecule has 9 heteroatoms. The summed E-state index contributed by atoms with van der Waals surface area (Å²) in [6, 6.07) is 13.4. The van der Waals surface area contributed by atoms with Crippen molar-refractivity contribution in [3.63, 3.8) is 0 Å². The molecule has 1 aliphatic heterocycles. The van der Waals surface area contributed by atoms with Gasteiger partial charge in [0.05, 0.1) is 22.4 Å². The van der Waals surface area contributed by atoms with Gasteiger partial charge in [0.2, 0.25) is 5.89 Å². The number of carbonyl (C=O) groups is 3. The predicted octanol–water partition coefficient (Wildman–Crippen LogP) is 4.46. The maximum absolute atomic E-state index is 12.9. The van der Waals surface area contributed by atoms with E-state index in [4.69, 9.17) is 9.52 Å². The van der Waals surface area contributed by atoms with E-state index < -0.39 is 17.8 Å². The molecule has 8 nitrogen and oxygen atoms in total. The Morgan fingerprint density at radius 2 is 1.74 bits per heavy atom. The fraction of sp³-hybridized carbons (Fsp3) is 0. The molecule has 1 aliphatic rings. The number of hydrogen-bond acceptors (Lipinski definition) is 6. The SMILES string of the molecule is O=C(O)c1ccc2c(c1)C(=O)N(c1cc(-c3nc4cc(Br)ccc4o3)ccc1O)C2=O. The molecule has 0 aliphatic carbocycles. The lowest BCUT2D eigenvalue weighted by Gasteiger charge is -2.16. The molecule has 4 aromatic rings. The highest BCUT2D eigenvalue weighted by Gasteiger charge is 2.38. The second-order valence-corrected chi connectivity index (χ2v) is 7.76. The molecule has 2 N–H and O–H groups in total. The van der Waals surface area contributed by atoms with Crippen LogP contribution < -0.4 is 4.90 Å². The Hall–Kier alpha value is -3.98. The molecule has 2 heterocycles. The van der Waals surface area contributed by atoms with Gasteiger partial charge in [-0.3, -0.25) is 9.59 Å². The van der Waals surface area contributed by atoms with Crippen LogP contribution >= 0.6 is 15.9 Å². The number of fused-ring (bicyclic) bond motifs is 2. The van der Waals surface area contributed by atoms with Gasteiger partial charge in [0.25, 0.3) is 11.8 Å². The zero-order valence-electron chi connectivity index (χ0n) is 15.5. The minimum Gasteiger partial charge on any atom is -0.506 e. The standard InChI is InChI=1S/C22H11BrN2O6/c23-12-3-6-18-15(9-12)24-19(31-18)10-2-5-17(26)16(8-10)25-20(27)13-4-1-11(22(29)30)7-14(13)21(25)28/h1-9,26H,(H,29,30). The molecule has 31 heavy (non-hydrogen) atoms. The Balaban J connectivity index is 1.59. The number of halogens is 1. The number of phenols is 1. The molecule has 0 bridgehead atoms. The fourth-order valence-corrected chi connectivity index (χ4v) is 3.80. The van der Waals surface area contributed by atoms with E-state index in [0.29, 0.717) is 16.7 Å². The average Bonchev–Trinajstić information content (AvgIpc) is 3.27. The summed E-state index contributed by atoms with van der Waals surface area (Å²) in [5.41, 5.74) is 1.47. The van der Waals surface area contributed by atoms with Crippen LogP contribution in [-0.4, -0.2) is 33.0 Å². The van der Waals surface area contributed by atoms with Crippen LogP contribution in [0.25, 0.3) is 22.6 Å². The number of benzene rings is 3. The average molecular weight is 479 g/mol. The Labute approximate surface area is 182 Å². The number of aromatic carboxylic acids is 1. The Morgan fingerprint density at radius 1 is 0.968 bits per heavy atom. The molecule has 0 fully saturated rings. The third-order valence-corrected chi connectivity index (χ3v) is 5.44.